The van der Waals surface area contributed by atoms with E-state index in [-0.39, 0.29) is 18.1 Å². The number of primary amides is 1. The number of nitrogens with zero attached hydrogens (tertiary/aromatic N) is 1. The van der Waals surface area contributed by atoms with Crippen molar-refractivity contribution >= 4 is 23.2 Å². The van der Waals surface area contributed by atoms with Crippen molar-refractivity contribution in [1.29, 1.82) is 0 Å². The van der Waals surface area contributed by atoms with Gasteiger partial charge in [-0.3, -0.25) is 4.79 Å². The van der Waals surface area contributed by atoms with Crippen LogP contribution in [0.25, 0.3) is 0 Å². The Kier molecular flexibility index (Phi) is 3.87. The van der Waals surface area contributed by atoms with Crippen LogP contribution in [0.3, 0.4) is 0 Å². The number of nitrogen functional groups attached to an aromatic ring is 1. The first-order valence-corrected chi connectivity index (χ1v) is 5.87. The van der Waals surface area contributed by atoms with Gasteiger partial charge in [-0.1, -0.05) is 29.8 Å². The van der Waals surface area contributed by atoms with Gasteiger partial charge in [0.15, 0.2) is 0 Å². The quantitative estimate of drug-likeness (QED) is 0.894. The predicted molar refractivity (Wildman–Crippen MR) is 73.0 cm³/mol. The minimum atomic E-state index is -0.644. The van der Waals surface area contributed by atoms with Gasteiger partial charge in [0.05, 0.1) is 11.9 Å². The molecule has 19 heavy (non-hydrogen) atoms. The number of carbonyl (C=O) groups excluding carboxylic acids is 1. The highest BCUT2D eigenvalue weighted by Crippen LogP contribution is 2.21. The van der Waals surface area contributed by atoms with E-state index in [2.05, 4.69) is 4.98 Å². The largest absolute Gasteiger partial charge is 0.472 e. The average molecular weight is 278 g/mol. The van der Waals surface area contributed by atoms with E-state index >= 15 is 0 Å². The standard InChI is InChI=1S/C13H12ClN3O2/c14-11-4-2-1-3-8(11)7-19-13-10(12(16)18)5-9(15)6-17-13/h1-6H,7,15H2,(H2,16,18). The fourth-order valence-corrected chi connectivity index (χ4v) is 1.71. The van der Waals surface area contributed by atoms with Gasteiger partial charge in [0, 0.05) is 10.6 Å². The molecule has 0 aliphatic heterocycles. The van der Waals surface area contributed by atoms with Gasteiger partial charge in [-0.15, -0.1) is 0 Å². The smallest absolute Gasteiger partial charge is 0.254 e. The number of hydrogen-bond acceptors (Lipinski definition) is 4. The van der Waals surface area contributed by atoms with Crippen LogP contribution in [-0.4, -0.2) is 10.9 Å². The zero-order chi connectivity index (χ0) is 13.8. The molecule has 98 valence electrons. The summed E-state index contributed by atoms with van der Waals surface area (Å²) in [6, 6.07) is 8.67. The molecule has 5 nitrogen and oxygen atoms in total. The third-order valence-electron chi connectivity index (χ3n) is 2.46. The zero-order valence-corrected chi connectivity index (χ0v) is 10.7. The van der Waals surface area contributed by atoms with Gasteiger partial charge in [0.1, 0.15) is 12.2 Å². The molecular weight excluding hydrogens is 266 g/mol. The second-order valence-corrected chi connectivity index (χ2v) is 4.27. The fraction of sp³-hybridized carbons (Fsp3) is 0.0769. The van der Waals surface area contributed by atoms with Crippen molar-refractivity contribution in [2.24, 2.45) is 5.73 Å². The molecule has 4 N–H and O–H groups in total. The fourth-order valence-electron chi connectivity index (χ4n) is 1.52. The summed E-state index contributed by atoms with van der Waals surface area (Å²) in [6.07, 6.45) is 1.40. The zero-order valence-electron chi connectivity index (χ0n) is 9.97. The number of pyridine rings is 1. The van der Waals surface area contributed by atoms with E-state index in [1.807, 2.05) is 18.2 Å². The lowest BCUT2D eigenvalue weighted by molar-refractivity contribution is 0.0995. The number of hydrogen-bond donors (Lipinski definition) is 2. The van der Waals surface area contributed by atoms with Crippen LogP contribution in [0.5, 0.6) is 5.88 Å². The van der Waals surface area contributed by atoms with E-state index in [0.29, 0.717) is 10.7 Å². The minimum absolute atomic E-state index is 0.140. The van der Waals surface area contributed by atoms with Crippen LogP contribution in [0.2, 0.25) is 5.02 Å². The average Bonchev–Trinajstić information content (AvgIpc) is 2.38. The molecule has 0 unspecified atom stereocenters. The first kappa shape index (κ1) is 13.2. The Morgan fingerprint density at radius 2 is 2.11 bits per heavy atom. The Morgan fingerprint density at radius 3 is 2.79 bits per heavy atom. The van der Waals surface area contributed by atoms with E-state index in [0.717, 1.165) is 5.56 Å². The number of ether oxygens (including phenoxy) is 1. The van der Waals surface area contributed by atoms with Crippen LogP contribution in [-0.2, 0) is 6.61 Å². The number of rotatable bonds is 4. The first-order valence-electron chi connectivity index (χ1n) is 5.49. The van der Waals surface area contributed by atoms with Gasteiger partial charge in [-0.05, 0) is 12.1 Å². The van der Waals surface area contributed by atoms with E-state index in [4.69, 9.17) is 27.8 Å². The summed E-state index contributed by atoms with van der Waals surface area (Å²) < 4.78 is 5.47. The lowest BCUT2D eigenvalue weighted by atomic mass is 10.2. The Balaban J connectivity index is 2.20. The first-order chi connectivity index (χ1) is 9.08. The number of anilines is 1. The molecule has 6 heteroatoms. The molecule has 0 aliphatic carbocycles. The Morgan fingerprint density at radius 1 is 1.37 bits per heavy atom. The highest BCUT2D eigenvalue weighted by molar-refractivity contribution is 6.31. The Bertz CT molecular complexity index is 617. The lowest BCUT2D eigenvalue weighted by Crippen LogP contribution is -2.14. The maximum Gasteiger partial charge on any atom is 0.254 e. The van der Waals surface area contributed by atoms with Crippen molar-refractivity contribution in [3.63, 3.8) is 0 Å². The number of nitrogens with two attached hydrogens (primary N) is 2. The van der Waals surface area contributed by atoms with Gasteiger partial charge in [-0.2, -0.15) is 0 Å². The highest BCUT2D eigenvalue weighted by atomic mass is 35.5. The van der Waals surface area contributed by atoms with Crippen LogP contribution < -0.4 is 16.2 Å². The minimum Gasteiger partial charge on any atom is -0.472 e. The van der Waals surface area contributed by atoms with Gasteiger partial charge in [-0.25, -0.2) is 4.98 Å². The molecule has 1 heterocycles. The summed E-state index contributed by atoms with van der Waals surface area (Å²) >= 11 is 6.01. The second-order valence-electron chi connectivity index (χ2n) is 3.87. The summed E-state index contributed by atoms with van der Waals surface area (Å²) in [5.74, 6) is -0.504. The van der Waals surface area contributed by atoms with Crippen LogP contribution in [0.1, 0.15) is 15.9 Å². The number of benzene rings is 1. The van der Waals surface area contributed by atoms with Crippen LogP contribution >= 0.6 is 11.6 Å². The highest BCUT2D eigenvalue weighted by Gasteiger charge is 2.12. The van der Waals surface area contributed by atoms with Crippen molar-refractivity contribution in [1.82, 2.24) is 4.98 Å². The van der Waals surface area contributed by atoms with Crippen molar-refractivity contribution in [3.8, 4) is 5.88 Å². The van der Waals surface area contributed by atoms with Crippen molar-refractivity contribution in [2.75, 3.05) is 5.73 Å². The third-order valence-corrected chi connectivity index (χ3v) is 2.83. The van der Waals surface area contributed by atoms with E-state index in [9.17, 15) is 4.79 Å². The maximum absolute atomic E-state index is 11.3. The van der Waals surface area contributed by atoms with Crippen LogP contribution in [0.15, 0.2) is 36.5 Å². The van der Waals surface area contributed by atoms with Gasteiger partial charge >= 0.3 is 0 Å². The summed E-state index contributed by atoms with van der Waals surface area (Å²) in [5, 5.41) is 0.582. The van der Waals surface area contributed by atoms with Crippen LogP contribution in [0, 0.1) is 0 Å². The number of aromatic nitrogens is 1. The molecular formula is C13H12ClN3O2. The molecule has 2 aromatic rings. The summed E-state index contributed by atoms with van der Waals surface area (Å²) in [5.41, 5.74) is 12.1. The molecule has 2 rings (SSSR count). The summed E-state index contributed by atoms with van der Waals surface area (Å²) in [4.78, 5) is 15.2. The van der Waals surface area contributed by atoms with E-state index in [1.54, 1.807) is 6.07 Å². The molecule has 0 spiro atoms. The normalized spacial score (nSPS) is 10.2. The Hall–Kier alpha value is -2.27. The molecule has 0 fully saturated rings. The molecule has 1 amide bonds. The van der Waals surface area contributed by atoms with E-state index in [1.165, 1.54) is 12.3 Å². The van der Waals surface area contributed by atoms with E-state index < -0.39 is 5.91 Å². The molecule has 0 saturated carbocycles. The van der Waals surface area contributed by atoms with Crippen molar-refractivity contribution in [3.05, 3.63) is 52.7 Å². The molecule has 0 aliphatic rings. The maximum atomic E-state index is 11.3. The van der Waals surface area contributed by atoms with Crippen molar-refractivity contribution in [2.45, 2.75) is 6.61 Å². The number of amides is 1. The molecule has 0 bridgehead atoms. The van der Waals surface area contributed by atoms with Gasteiger partial charge in [0.2, 0.25) is 5.88 Å². The Labute approximate surface area is 115 Å². The van der Waals surface area contributed by atoms with Gasteiger partial charge in [0.25, 0.3) is 5.91 Å². The topological polar surface area (TPSA) is 91.2 Å². The monoisotopic (exact) mass is 277 g/mol. The molecule has 1 aromatic carbocycles. The van der Waals surface area contributed by atoms with Crippen molar-refractivity contribution < 1.29 is 9.53 Å². The predicted octanol–water partition coefficient (Wildman–Crippen LogP) is 2.00. The number of halogens is 1. The second kappa shape index (κ2) is 5.58. The SMILES string of the molecule is NC(=O)c1cc(N)cnc1OCc1ccccc1Cl. The molecule has 0 radical (unpaired) electrons. The molecule has 0 saturated heterocycles. The summed E-state index contributed by atoms with van der Waals surface area (Å²) in [6.45, 7) is 0.191. The van der Waals surface area contributed by atoms with Gasteiger partial charge < -0.3 is 16.2 Å². The number of carbonyl (C=O) groups is 1. The third kappa shape index (κ3) is 3.14. The molecule has 0 atom stereocenters. The van der Waals surface area contributed by atoms with Crippen LogP contribution in [0.4, 0.5) is 5.69 Å². The lowest BCUT2D eigenvalue weighted by Gasteiger charge is -2.09. The molecule has 1 aromatic heterocycles. The summed E-state index contributed by atoms with van der Waals surface area (Å²) in [7, 11) is 0.